The molecule has 1 N–H and O–H groups in total. The Morgan fingerprint density at radius 2 is 1.81 bits per heavy atom. The van der Waals surface area contributed by atoms with E-state index in [2.05, 4.69) is 52.2 Å². The van der Waals surface area contributed by atoms with Crippen LogP contribution in [0.15, 0.2) is 22.0 Å². The van der Waals surface area contributed by atoms with Gasteiger partial charge in [-0.1, -0.05) is 15.9 Å². The Labute approximate surface area is 172 Å². The van der Waals surface area contributed by atoms with Crippen LogP contribution < -0.4 is 4.90 Å². The first kappa shape index (κ1) is 18.8. The second kappa shape index (κ2) is 7.49. The molecule has 4 nitrogen and oxygen atoms in total. The summed E-state index contributed by atoms with van der Waals surface area (Å²) >= 11 is 5.34. The Hall–Kier alpha value is -1.50. The number of aliphatic hydroxyl groups is 1. The maximum absolute atomic E-state index is 9.42. The third-order valence-corrected chi connectivity index (χ3v) is 6.87. The van der Waals surface area contributed by atoms with Crippen molar-refractivity contribution in [3.63, 3.8) is 0 Å². The molecule has 6 heteroatoms. The predicted molar refractivity (Wildman–Crippen MR) is 117 cm³/mol. The topological polar surface area (TPSA) is 49.2 Å². The third kappa shape index (κ3) is 3.50. The number of piperidine rings is 1. The largest absolute Gasteiger partial charge is 0.396 e. The molecule has 2 aromatic heterocycles. The zero-order valence-electron chi connectivity index (χ0n) is 15.9. The first-order chi connectivity index (χ1) is 13.0. The van der Waals surface area contributed by atoms with Crippen LogP contribution in [-0.4, -0.2) is 34.8 Å². The van der Waals surface area contributed by atoms with Gasteiger partial charge in [0.25, 0.3) is 0 Å². The summed E-state index contributed by atoms with van der Waals surface area (Å²) in [4.78, 5) is 12.0. The highest BCUT2D eigenvalue weighted by molar-refractivity contribution is 9.10. The van der Waals surface area contributed by atoms with Gasteiger partial charge in [-0.05, 0) is 68.4 Å². The van der Waals surface area contributed by atoms with Gasteiger partial charge in [0.2, 0.25) is 0 Å². The Kier molecular flexibility index (Phi) is 5.23. The van der Waals surface area contributed by atoms with Crippen molar-refractivity contribution >= 4 is 43.3 Å². The molecule has 0 saturated carbocycles. The van der Waals surface area contributed by atoms with Crippen LogP contribution in [0.4, 0.5) is 5.82 Å². The van der Waals surface area contributed by atoms with Crippen LogP contribution in [0.1, 0.15) is 29.8 Å². The van der Waals surface area contributed by atoms with Crippen LogP contribution in [0.25, 0.3) is 21.3 Å². The van der Waals surface area contributed by atoms with E-state index in [4.69, 9.17) is 9.97 Å². The van der Waals surface area contributed by atoms with Crippen molar-refractivity contribution in [3.8, 4) is 11.1 Å². The van der Waals surface area contributed by atoms with Crippen LogP contribution in [0, 0.1) is 26.7 Å². The van der Waals surface area contributed by atoms with E-state index >= 15 is 0 Å². The van der Waals surface area contributed by atoms with Gasteiger partial charge in [-0.25, -0.2) is 9.97 Å². The Balaban J connectivity index is 1.82. The summed E-state index contributed by atoms with van der Waals surface area (Å²) in [6.07, 6.45) is 2.04. The summed E-state index contributed by atoms with van der Waals surface area (Å²) in [6.45, 7) is 8.47. The quantitative estimate of drug-likeness (QED) is 0.597. The van der Waals surface area contributed by atoms with Crippen LogP contribution in [0.5, 0.6) is 0 Å². The highest BCUT2D eigenvalue weighted by Gasteiger charge is 2.24. The molecule has 0 atom stereocenters. The number of aliphatic hydroxyl groups excluding tert-OH is 1. The van der Waals surface area contributed by atoms with E-state index in [1.807, 2.05) is 6.92 Å². The molecule has 3 heterocycles. The Bertz CT molecular complexity index is 969. The number of hydrogen-bond acceptors (Lipinski definition) is 5. The van der Waals surface area contributed by atoms with Crippen molar-refractivity contribution in [2.75, 3.05) is 24.6 Å². The highest BCUT2D eigenvalue weighted by atomic mass is 79.9. The van der Waals surface area contributed by atoms with Crippen molar-refractivity contribution in [2.24, 2.45) is 5.92 Å². The number of aryl methyl sites for hydroxylation is 3. The molecule has 0 radical (unpaired) electrons. The summed E-state index contributed by atoms with van der Waals surface area (Å²) in [7, 11) is 0. The highest BCUT2D eigenvalue weighted by Crippen LogP contribution is 2.41. The van der Waals surface area contributed by atoms with E-state index < -0.39 is 0 Å². The van der Waals surface area contributed by atoms with E-state index in [1.165, 1.54) is 27.0 Å². The number of thiophene rings is 1. The predicted octanol–water partition coefficient (Wildman–Crippen LogP) is 5.25. The fourth-order valence-electron chi connectivity index (χ4n) is 4.07. The maximum atomic E-state index is 9.42. The minimum Gasteiger partial charge on any atom is -0.396 e. The van der Waals surface area contributed by atoms with Gasteiger partial charge in [0.15, 0.2) is 0 Å². The van der Waals surface area contributed by atoms with Crippen LogP contribution in [0.2, 0.25) is 0 Å². The summed E-state index contributed by atoms with van der Waals surface area (Å²) in [5.41, 5.74) is 6.04. The molecule has 0 aliphatic carbocycles. The average Bonchev–Trinajstić information content (AvgIpc) is 3.04. The minimum absolute atomic E-state index is 0.289. The van der Waals surface area contributed by atoms with Gasteiger partial charge in [-0.2, -0.15) is 0 Å². The van der Waals surface area contributed by atoms with Gasteiger partial charge < -0.3 is 10.0 Å². The number of fused-ring (bicyclic) bond motifs is 1. The molecule has 0 unspecified atom stereocenters. The van der Waals surface area contributed by atoms with E-state index in [-0.39, 0.29) is 6.61 Å². The van der Waals surface area contributed by atoms with E-state index in [9.17, 15) is 5.11 Å². The second-order valence-corrected chi connectivity index (χ2v) is 9.24. The van der Waals surface area contributed by atoms with Gasteiger partial charge in [0.05, 0.1) is 10.2 Å². The number of aromatic nitrogens is 2. The van der Waals surface area contributed by atoms with Crippen LogP contribution >= 0.6 is 27.3 Å². The molecule has 1 fully saturated rings. The van der Waals surface area contributed by atoms with E-state index in [1.54, 1.807) is 11.3 Å². The standard InChI is InChI=1S/C21H24BrN3OS/c1-12-8-16(22)9-13(2)18(12)17-11-27-20-19(17)23-14(3)24-21(20)25-6-4-15(10-26)5-7-25/h8-9,11,15,26H,4-7,10H2,1-3H3. The van der Waals surface area contributed by atoms with Crippen LogP contribution in [-0.2, 0) is 0 Å². The summed E-state index contributed by atoms with van der Waals surface area (Å²) in [5.74, 6) is 2.29. The number of hydrogen-bond donors (Lipinski definition) is 1. The van der Waals surface area contributed by atoms with Gasteiger partial charge in [-0.15, -0.1) is 11.3 Å². The molecule has 142 valence electrons. The van der Waals surface area contributed by atoms with Gasteiger partial charge in [0, 0.05) is 35.1 Å². The first-order valence-electron chi connectivity index (χ1n) is 9.36. The van der Waals surface area contributed by atoms with Gasteiger partial charge in [0.1, 0.15) is 11.6 Å². The lowest BCUT2D eigenvalue weighted by atomic mass is 9.96. The lowest BCUT2D eigenvalue weighted by molar-refractivity contribution is 0.203. The molecule has 3 aromatic rings. The maximum Gasteiger partial charge on any atom is 0.150 e. The minimum atomic E-state index is 0.289. The lowest BCUT2D eigenvalue weighted by Crippen LogP contribution is -2.35. The second-order valence-electron chi connectivity index (χ2n) is 7.45. The number of halogens is 1. The van der Waals surface area contributed by atoms with Crippen molar-refractivity contribution < 1.29 is 5.11 Å². The molecule has 1 saturated heterocycles. The number of nitrogens with zero attached hydrogens (tertiary/aromatic N) is 3. The molecule has 1 aliphatic rings. The molecule has 27 heavy (non-hydrogen) atoms. The monoisotopic (exact) mass is 445 g/mol. The number of benzene rings is 1. The van der Waals surface area contributed by atoms with Crippen molar-refractivity contribution in [3.05, 3.63) is 38.9 Å². The summed E-state index contributed by atoms with van der Waals surface area (Å²) in [5, 5.41) is 11.6. The van der Waals surface area contributed by atoms with E-state index in [0.29, 0.717) is 5.92 Å². The first-order valence-corrected chi connectivity index (χ1v) is 11.0. The SMILES string of the molecule is Cc1nc(N2CCC(CO)CC2)c2scc(-c3c(C)cc(Br)cc3C)c2n1. The zero-order chi connectivity index (χ0) is 19.1. The number of anilines is 1. The Morgan fingerprint density at radius 3 is 2.44 bits per heavy atom. The summed E-state index contributed by atoms with van der Waals surface area (Å²) in [6, 6.07) is 4.33. The molecular weight excluding hydrogens is 422 g/mol. The molecule has 4 rings (SSSR count). The summed E-state index contributed by atoms with van der Waals surface area (Å²) < 4.78 is 2.28. The lowest BCUT2D eigenvalue weighted by Gasteiger charge is -2.32. The third-order valence-electron chi connectivity index (χ3n) is 5.45. The molecular formula is C21H24BrN3OS. The fourth-order valence-corrected chi connectivity index (χ4v) is 5.77. The van der Waals surface area contributed by atoms with Crippen molar-refractivity contribution in [2.45, 2.75) is 33.6 Å². The molecule has 1 aromatic carbocycles. The van der Waals surface area contributed by atoms with Gasteiger partial charge >= 0.3 is 0 Å². The molecule has 0 bridgehead atoms. The zero-order valence-corrected chi connectivity index (χ0v) is 18.3. The fraction of sp³-hybridized carbons (Fsp3) is 0.429. The molecule has 1 aliphatic heterocycles. The number of rotatable bonds is 3. The van der Waals surface area contributed by atoms with Gasteiger partial charge in [-0.3, -0.25) is 0 Å². The van der Waals surface area contributed by atoms with Crippen molar-refractivity contribution in [1.29, 1.82) is 0 Å². The molecule has 0 amide bonds. The van der Waals surface area contributed by atoms with Crippen molar-refractivity contribution in [1.82, 2.24) is 9.97 Å². The molecule has 0 spiro atoms. The normalized spacial score (nSPS) is 15.7. The smallest absolute Gasteiger partial charge is 0.150 e. The van der Waals surface area contributed by atoms with E-state index in [0.717, 1.165) is 47.6 Å². The van der Waals surface area contributed by atoms with Crippen LogP contribution in [0.3, 0.4) is 0 Å². The Morgan fingerprint density at radius 1 is 1.15 bits per heavy atom. The average molecular weight is 446 g/mol.